The summed E-state index contributed by atoms with van der Waals surface area (Å²) in [5.74, 6) is 0.392. The van der Waals surface area contributed by atoms with E-state index in [-0.39, 0.29) is 11.6 Å². The Kier molecular flexibility index (Phi) is 5.02. The predicted molar refractivity (Wildman–Crippen MR) is 117 cm³/mol. The minimum Gasteiger partial charge on any atom is -0.385 e. The van der Waals surface area contributed by atoms with Crippen LogP contribution in [-0.2, 0) is 7.05 Å². The first kappa shape index (κ1) is 20.3. The Bertz CT molecular complexity index is 1360. The molecule has 0 saturated heterocycles. The second-order valence-corrected chi connectivity index (χ2v) is 7.28. The molecule has 0 saturated carbocycles. The maximum atomic E-state index is 13.4. The number of aromatic nitrogens is 6. The number of benzene rings is 1. The van der Waals surface area contributed by atoms with Gasteiger partial charge in [-0.1, -0.05) is 0 Å². The lowest BCUT2D eigenvalue weighted by molar-refractivity contribution is 0.101. The average Bonchev–Trinajstić information content (AvgIpc) is 3.18. The van der Waals surface area contributed by atoms with E-state index in [1.807, 2.05) is 6.92 Å². The van der Waals surface area contributed by atoms with E-state index < -0.39 is 0 Å². The molecule has 3 heterocycles. The van der Waals surface area contributed by atoms with Crippen LogP contribution < -0.4 is 5.73 Å². The Morgan fingerprint density at radius 1 is 1.13 bits per heavy atom. The van der Waals surface area contributed by atoms with Crippen molar-refractivity contribution < 1.29 is 9.18 Å². The first-order valence-electron chi connectivity index (χ1n) is 9.65. The summed E-state index contributed by atoms with van der Waals surface area (Å²) in [6.45, 7) is 5.11. The summed E-state index contributed by atoms with van der Waals surface area (Å²) in [6.07, 6.45) is 1.63. The van der Waals surface area contributed by atoms with Crippen molar-refractivity contribution in [3.8, 4) is 17.1 Å². The molecule has 3 aromatic heterocycles. The maximum Gasteiger partial charge on any atom is 0.163 e. The number of nitrogens with one attached hydrogen (secondary N) is 1. The molecule has 0 spiro atoms. The molecule has 1 aromatic carbocycles. The summed E-state index contributed by atoms with van der Waals surface area (Å²) in [6, 6.07) is 9.63. The second kappa shape index (κ2) is 7.67. The molecule has 31 heavy (non-hydrogen) atoms. The van der Waals surface area contributed by atoms with Crippen molar-refractivity contribution in [2.45, 2.75) is 20.8 Å². The lowest BCUT2D eigenvalue weighted by atomic mass is 10.1. The largest absolute Gasteiger partial charge is 0.385 e. The molecule has 0 aliphatic carbocycles. The lowest BCUT2D eigenvalue weighted by Gasteiger charge is -2.02. The van der Waals surface area contributed by atoms with Gasteiger partial charge in [-0.05, 0) is 51.1 Å². The van der Waals surface area contributed by atoms with Gasteiger partial charge < -0.3 is 10.7 Å². The summed E-state index contributed by atoms with van der Waals surface area (Å²) in [5.41, 5.74) is 10.2. The number of carbonyl (C=O) groups excluding carboxylic acids is 1. The Balaban J connectivity index is 1.95. The molecule has 0 radical (unpaired) electrons. The van der Waals surface area contributed by atoms with E-state index in [1.54, 1.807) is 53.8 Å². The number of anilines is 1. The van der Waals surface area contributed by atoms with E-state index in [1.165, 1.54) is 19.1 Å². The highest BCUT2D eigenvalue weighted by Crippen LogP contribution is 2.27. The summed E-state index contributed by atoms with van der Waals surface area (Å²) in [5, 5.41) is 9.74. The minimum absolute atomic E-state index is 0.0587. The number of ketones is 1. The SMILES string of the molecule is CC(=O)c1c(C)nn(-c2cc(N)[nH]c3nn(C)c(-c4ccc(F)cc4)c3ccn2)c1C. The van der Waals surface area contributed by atoms with Gasteiger partial charge in [-0.2, -0.15) is 10.2 Å². The van der Waals surface area contributed by atoms with Crippen LogP contribution in [0.1, 0.15) is 28.7 Å². The zero-order chi connectivity index (χ0) is 22.3. The van der Waals surface area contributed by atoms with Crippen LogP contribution in [-0.4, -0.2) is 35.3 Å². The Morgan fingerprint density at radius 3 is 2.48 bits per heavy atom. The van der Waals surface area contributed by atoms with E-state index in [4.69, 9.17) is 5.73 Å². The number of halogens is 1. The van der Waals surface area contributed by atoms with E-state index in [9.17, 15) is 9.18 Å². The lowest BCUT2D eigenvalue weighted by Crippen LogP contribution is -2.03. The number of nitrogens with two attached hydrogens (primary N) is 1. The number of Topliss-reactive ketones (excluding diaryl/α,β-unsaturated/α-hetero) is 1. The molecular formula is C22H22FN7O. The fraction of sp³-hybridized carbons (Fsp3) is 0.182. The molecule has 158 valence electrons. The Labute approximate surface area is 177 Å². The highest BCUT2D eigenvalue weighted by molar-refractivity contribution is 5.96. The topological polar surface area (TPSA) is 107 Å². The Hall–Kier alpha value is -4.01. The number of hydrogen-bond acceptors (Lipinski definition) is 5. The summed E-state index contributed by atoms with van der Waals surface area (Å²) in [7, 11) is 1.81. The summed E-state index contributed by atoms with van der Waals surface area (Å²) < 4.78 is 16.7. The molecule has 4 rings (SSSR count). The minimum atomic E-state index is -0.310. The van der Waals surface area contributed by atoms with Crippen molar-refractivity contribution >= 4 is 22.6 Å². The van der Waals surface area contributed by atoms with Crippen LogP contribution in [0, 0.1) is 19.7 Å². The highest BCUT2D eigenvalue weighted by atomic mass is 19.1. The molecule has 8 nitrogen and oxygen atoms in total. The van der Waals surface area contributed by atoms with Gasteiger partial charge in [-0.3, -0.25) is 9.48 Å². The zero-order valence-corrected chi connectivity index (χ0v) is 17.6. The predicted octanol–water partition coefficient (Wildman–Crippen LogP) is 3.81. The molecule has 4 aromatic rings. The van der Waals surface area contributed by atoms with Crippen LogP contribution in [0.4, 0.5) is 10.2 Å². The second-order valence-electron chi connectivity index (χ2n) is 7.28. The van der Waals surface area contributed by atoms with Crippen LogP contribution in [0.3, 0.4) is 0 Å². The highest BCUT2D eigenvalue weighted by Gasteiger charge is 2.17. The summed E-state index contributed by atoms with van der Waals surface area (Å²) in [4.78, 5) is 19.6. The quantitative estimate of drug-likeness (QED) is 0.491. The van der Waals surface area contributed by atoms with Gasteiger partial charge in [0.1, 0.15) is 11.6 Å². The molecule has 3 N–H and O–H groups in total. The number of nitrogen functional groups attached to an aromatic ring is 1. The maximum absolute atomic E-state index is 13.4. The number of fused-ring (bicyclic) bond motifs is 1. The van der Waals surface area contributed by atoms with Crippen molar-refractivity contribution in [3.63, 3.8) is 0 Å². The Morgan fingerprint density at radius 2 is 1.84 bits per heavy atom. The standard InChI is InChI=1S/C22H22FN7O/c1-12-20(14(3)31)13(2)30(27-12)19-11-18(24)26-22-17(9-10-25-19)21(29(4)28-22)15-5-7-16(23)8-6-15/h5-11H,24H2,1-4H3,(H,26,28). The molecule has 0 amide bonds. The first-order valence-corrected chi connectivity index (χ1v) is 9.65. The molecule has 0 fully saturated rings. The van der Waals surface area contributed by atoms with E-state index in [0.29, 0.717) is 34.2 Å². The molecule has 9 heteroatoms. The fourth-order valence-corrected chi connectivity index (χ4v) is 3.77. The first-order chi connectivity index (χ1) is 14.8. The normalized spacial score (nSPS) is 11.0. The average molecular weight is 419 g/mol. The van der Waals surface area contributed by atoms with Crippen LogP contribution in [0.2, 0.25) is 0 Å². The van der Waals surface area contributed by atoms with Crippen molar-refractivity contribution in [1.29, 1.82) is 0 Å². The zero-order valence-electron chi connectivity index (χ0n) is 17.6. The van der Waals surface area contributed by atoms with Crippen molar-refractivity contribution in [1.82, 2.24) is 29.5 Å². The van der Waals surface area contributed by atoms with Gasteiger partial charge in [-0.15, -0.1) is 0 Å². The molecule has 0 aliphatic rings. The monoisotopic (exact) mass is 419 g/mol. The van der Waals surface area contributed by atoms with Crippen LogP contribution >= 0.6 is 0 Å². The van der Waals surface area contributed by atoms with Gasteiger partial charge in [0.15, 0.2) is 17.2 Å². The molecule has 0 unspecified atom stereocenters. The van der Waals surface area contributed by atoms with Gasteiger partial charge >= 0.3 is 0 Å². The van der Waals surface area contributed by atoms with Crippen molar-refractivity contribution in [3.05, 3.63) is 65.4 Å². The third kappa shape index (κ3) is 3.65. The number of aryl methyl sites for hydroxylation is 2. The van der Waals surface area contributed by atoms with E-state index >= 15 is 0 Å². The number of aromatic amines is 1. The molecule has 0 atom stereocenters. The summed E-state index contributed by atoms with van der Waals surface area (Å²) >= 11 is 0. The van der Waals surface area contributed by atoms with Crippen molar-refractivity contribution in [2.75, 3.05) is 5.73 Å². The smallest absolute Gasteiger partial charge is 0.163 e. The van der Waals surface area contributed by atoms with Crippen LogP contribution in [0.5, 0.6) is 0 Å². The van der Waals surface area contributed by atoms with Crippen LogP contribution in [0.15, 0.2) is 42.6 Å². The van der Waals surface area contributed by atoms with Gasteiger partial charge in [0.2, 0.25) is 0 Å². The number of nitrogens with zero attached hydrogens (tertiary/aromatic N) is 5. The van der Waals surface area contributed by atoms with E-state index in [2.05, 4.69) is 20.2 Å². The van der Waals surface area contributed by atoms with Gasteiger partial charge in [0.25, 0.3) is 0 Å². The number of H-pyrrole nitrogens is 1. The number of hydrogen-bond donors (Lipinski definition) is 2. The van der Waals surface area contributed by atoms with Crippen LogP contribution in [0.25, 0.3) is 28.1 Å². The number of carbonyl (C=O) groups is 1. The van der Waals surface area contributed by atoms with E-state index in [0.717, 1.165) is 16.6 Å². The third-order valence-electron chi connectivity index (χ3n) is 5.06. The fourth-order valence-electron chi connectivity index (χ4n) is 3.77. The third-order valence-corrected chi connectivity index (χ3v) is 5.06. The van der Waals surface area contributed by atoms with Gasteiger partial charge in [0, 0.05) is 30.3 Å². The molecule has 0 bridgehead atoms. The van der Waals surface area contributed by atoms with Crippen molar-refractivity contribution in [2.24, 2.45) is 7.05 Å². The molecule has 0 aliphatic heterocycles. The molecular weight excluding hydrogens is 397 g/mol. The van der Waals surface area contributed by atoms with Gasteiger partial charge in [-0.25, -0.2) is 14.1 Å². The number of rotatable bonds is 3. The van der Waals surface area contributed by atoms with Gasteiger partial charge in [0.05, 0.1) is 22.6 Å².